The lowest BCUT2D eigenvalue weighted by atomic mass is 9.98. The fourth-order valence-corrected chi connectivity index (χ4v) is 3.05. The maximum absolute atomic E-state index is 13.2. The number of rotatable bonds is 2. The van der Waals surface area contributed by atoms with Crippen LogP contribution in [0.1, 0.15) is 39.9 Å². The van der Waals surface area contributed by atoms with Gasteiger partial charge in [-0.05, 0) is 36.1 Å². The van der Waals surface area contributed by atoms with Crippen molar-refractivity contribution in [3.05, 3.63) is 34.4 Å². The standard InChI is InChI=1S/C15H16F4N2O/c16-10-1-3-21(4-2-10)8-9-5-11-12(7-20-14(11)22)13(6-9)15(17,18)19/h5-6,10H,1-4,7-8H2,(H,20,22). The van der Waals surface area contributed by atoms with Crippen molar-refractivity contribution in [3.8, 4) is 0 Å². The summed E-state index contributed by atoms with van der Waals surface area (Å²) in [5.74, 6) is -0.468. The van der Waals surface area contributed by atoms with Crippen LogP contribution in [0.2, 0.25) is 0 Å². The maximum Gasteiger partial charge on any atom is 0.416 e. The molecule has 120 valence electrons. The van der Waals surface area contributed by atoms with E-state index in [4.69, 9.17) is 0 Å². The molecular weight excluding hydrogens is 300 g/mol. The number of nitrogens with one attached hydrogen (secondary N) is 1. The van der Waals surface area contributed by atoms with E-state index in [9.17, 15) is 22.4 Å². The number of piperidine rings is 1. The summed E-state index contributed by atoms with van der Waals surface area (Å²) in [7, 11) is 0. The average molecular weight is 316 g/mol. The topological polar surface area (TPSA) is 32.3 Å². The molecule has 0 aliphatic carbocycles. The number of amides is 1. The van der Waals surface area contributed by atoms with Crippen LogP contribution in [-0.2, 0) is 19.3 Å². The molecular formula is C15H16F4N2O. The van der Waals surface area contributed by atoms with Crippen molar-refractivity contribution >= 4 is 5.91 Å². The molecule has 0 atom stereocenters. The molecule has 1 fully saturated rings. The molecule has 1 aromatic rings. The summed E-state index contributed by atoms with van der Waals surface area (Å²) < 4.78 is 52.7. The van der Waals surface area contributed by atoms with Gasteiger partial charge in [-0.3, -0.25) is 9.69 Å². The van der Waals surface area contributed by atoms with Gasteiger partial charge >= 0.3 is 6.18 Å². The normalized spacial score (nSPS) is 20.1. The van der Waals surface area contributed by atoms with Gasteiger partial charge in [0.2, 0.25) is 0 Å². The van der Waals surface area contributed by atoms with Crippen molar-refractivity contribution in [2.45, 2.75) is 38.3 Å². The summed E-state index contributed by atoms with van der Waals surface area (Å²) in [6.07, 6.45) is -4.51. The predicted octanol–water partition coefficient (Wildman–Crippen LogP) is 2.88. The van der Waals surface area contributed by atoms with Crippen LogP contribution in [-0.4, -0.2) is 30.1 Å². The third kappa shape index (κ3) is 2.95. The molecule has 7 heteroatoms. The molecule has 1 saturated heterocycles. The summed E-state index contributed by atoms with van der Waals surface area (Å²) in [6.45, 7) is 1.25. The Morgan fingerprint density at radius 2 is 1.91 bits per heavy atom. The van der Waals surface area contributed by atoms with Gasteiger partial charge in [0.05, 0.1) is 5.56 Å². The molecule has 0 unspecified atom stereocenters. The van der Waals surface area contributed by atoms with E-state index in [1.54, 1.807) is 0 Å². The predicted molar refractivity (Wildman–Crippen MR) is 72.0 cm³/mol. The van der Waals surface area contributed by atoms with Crippen molar-refractivity contribution in [2.75, 3.05) is 13.1 Å². The van der Waals surface area contributed by atoms with Crippen molar-refractivity contribution in [3.63, 3.8) is 0 Å². The zero-order valence-electron chi connectivity index (χ0n) is 11.8. The second-order valence-electron chi connectivity index (χ2n) is 5.80. The molecule has 1 N–H and O–H groups in total. The first kappa shape index (κ1) is 15.3. The van der Waals surface area contributed by atoms with E-state index in [2.05, 4.69) is 5.32 Å². The lowest BCUT2D eigenvalue weighted by Crippen LogP contribution is -2.34. The molecule has 0 radical (unpaired) electrons. The molecule has 3 nitrogen and oxygen atoms in total. The first-order valence-corrected chi connectivity index (χ1v) is 7.22. The highest BCUT2D eigenvalue weighted by atomic mass is 19.4. The second-order valence-corrected chi connectivity index (χ2v) is 5.80. The Bertz CT molecular complexity index is 592. The van der Waals surface area contributed by atoms with Gasteiger partial charge in [0, 0.05) is 31.7 Å². The van der Waals surface area contributed by atoms with Crippen LogP contribution >= 0.6 is 0 Å². The fraction of sp³-hybridized carbons (Fsp3) is 0.533. The zero-order valence-corrected chi connectivity index (χ0v) is 11.8. The fourth-order valence-electron chi connectivity index (χ4n) is 3.05. The van der Waals surface area contributed by atoms with E-state index in [1.807, 2.05) is 4.90 Å². The number of likely N-dealkylation sites (tertiary alicyclic amines) is 1. The van der Waals surface area contributed by atoms with E-state index in [-0.39, 0.29) is 17.7 Å². The summed E-state index contributed by atoms with van der Waals surface area (Å²) in [5.41, 5.74) is -0.187. The number of alkyl halides is 4. The van der Waals surface area contributed by atoms with E-state index in [0.717, 1.165) is 6.07 Å². The second kappa shape index (κ2) is 5.53. The van der Waals surface area contributed by atoms with E-state index < -0.39 is 23.8 Å². The minimum absolute atomic E-state index is 0.0173. The number of nitrogens with zero attached hydrogens (tertiary/aromatic N) is 1. The number of fused-ring (bicyclic) bond motifs is 1. The lowest BCUT2D eigenvalue weighted by Gasteiger charge is -2.28. The van der Waals surface area contributed by atoms with E-state index >= 15 is 0 Å². The average Bonchev–Trinajstić information content (AvgIpc) is 2.81. The Morgan fingerprint density at radius 3 is 2.55 bits per heavy atom. The number of halogens is 4. The van der Waals surface area contributed by atoms with Gasteiger partial charge in [-0.25, -0.2) is 4.39 Å². The molecule has 2 aliphatic rings. The van der Waals surface area contributed by atoms with E-state index in [0.29, 0.717) is 38.0 Å². The first-order valence-electron chi connectivity index (χ1n) is 7.22. The highest BCUT2D eigenvalue weighted by Crippen LogP contribution is 2.36. The summed E-state index contributed by atoms with van der Waals surface area (Å²) >= 11 is 0. The highest BCUT2D eigenvalue weighted by molar-refractivity contribution is 5.99. The van der Waals surface area contributed by atoms with Crippen molar-refractivity contribution < 1.29 is 22.4 Å². The Hall–Kier alpha value is -1.63. The Morgan fingerprint density at radius 1 is 1.23 bits per heavy atom. The van der Waals surface area contributed by atoms with Crippen LogP contribution in [0, 0.1) is 0 Å². The molecule has 2 aliphatic heterocycles. The van der Waals surface area contributed by atoms with Crippen LogP contribution in [0.25, 0.3) is 0 Å². The first-order chi connectivity index (χ1) is 10.3. The third-order valence-electron chi connectivity index (χ3n) is 4.21. The van der Waals surface area contributed by atoms with Crippen LogP contribution in [0.5, 0.6) is 0 Å². The van der Waals surface area contributed by atoms with Gasteiger partial charge in [0.1, 0.15) is 6.17 Å². The number of benzene rings is 1. The summed E-state index contributed by atoms with van der Waals surface area (Å²) in [6, 6.07) is 2.63. The molecule has 2 heterocycles. The van der Waals surface area contributed by atoms with Gasteiger partial charge in [-0.1, -0.05) is 0 Å². The van der Waals surface area contributed by atoms with Gasteiger partial charge in [-0.15, -0.1) is 0 Å². The summed E-state index contributed by atoms with van der Waals surface area (Å²) in [4.78, 5) is 13.6. The number of hydrogen-bond acceptors (Lipinski definition) is 2. The van der Waals surface area contributed by atoms with Gasteiger partial charge < -0.3 is 5.32 Å². The quantitative estimate of drug-likeness (QED) is 0.851. The molecule has 3 rings (SSSR count). The van der Waals surface area contributed by atoms with Gasteiger partial charge in [0.25, 0.3) is 5.91 Å². The lowest BCUT2D eigenvalue weighted by molar-refractivity contribution is -0.138. The van der Waals surface area contributed by atoms with Crippen molar-refractivity contribution in [1.29, 1.82) is 0 Å². The molecule has 1 aromatic carbocycles. The van der Waals surface area contributed by atoms with Crippen LogP contribution in [0.15, 0.2) is 12.1 Å². The zero-order chi connectivity index (χ0) is 15.9. The Labute approximate surface area is 125 Å². The SMILES string of the molecule is O=C1NCc2c1cc(CN1CCC(F)CC1)cc2C(F)(F)F. The Balaban J connectivity index is 1.89. The summed E-state index contributed by atoms with van der Waals surface area (Å²) in [5, 5.41) is 2.43. The minimum Gasteiger partial charge on any atom is -0.348 e. The molecule has 22 heavy (non-hydrogen) atoms. The number of carbonyl (C=O) groups is 1. The maximum atomic E-state index is 13.2. The van der Waals surface area contributed by atoms with Crippen LogP contribution < -0.4 is 5.32 Å². The molecule has 1 amide bonds. The van der Waals surface area contributed by atoms with Crippen molar-refractivity contribution in [2.24, 2.45) is 0 Å². The third-order valence-corrected chi connectivity index (χ3v) is 4.21. The smallest absolute Gasteiger partial charge is 0.348 e. The van der Waals surface area contributed by atoms with Crippen molar-refractivity contribution in [1.82, 2.24) is 10.2 Å². The van der Waals surface area contributed by atoms with Gasteiger partial charge in [-0.2, -0.15) is 13.2 Å². The number of carbonyl (C=O) groups excluding carboxylic acids is 1. The number of hydrogen-bond donors (Lipinski definition) is 1. The monoisotopic (exact) mass is 316 g/mol. The van der Waals surface area contributed by atoms with Gasteiger partial charge in [0.15, 0.2) is 0 Å². The molecule has 0 aromatic heterocycles. The largest absolute Gasteiger partial charge is 0.416 e. The molecule has 0 bridgehead atoms. The molecule has 0 saturated carbocycles. The molecule has 0 spiro atoms. The highest BCUT2D eigenvalue weighted by Gasteiger charge is 2.37. The minimum atomic E-state index is -4.49. The van der Waals surface area contributed by atoms with E-state index in [1.165, 1.54) is 6.07 Å². The van der Waals surface area contributed by atoms with Crippen LogP contribution in [0.3, 0.4) is 0 Å². The van der Waals surface area contributed by atoms with Crippen LogP contribution in [0.4, 0.5) is 17.6 Å². The Kier molecular flexibility index (Phi) is 3.84.